The molecular formula is C24H17BrCl2N2O2. The zero-order valence-corrected chi connectivity index (χ0v) is 19.3. The van der Waals surface area contributed by atoms with Gasteiger partial charge in [0.05, 0.1) is 6.04 Å². The van der Waals surface area contributed by atoms with E-state index in [1.165, 1.54) is 0 Å². The highest BCUT2D eigenvalue weighted by atomic mass is 79.9. The summed E-state index contributed by atoms with van der Waals surface area (Å²) in [5, 5.41) is 7.23. The summed E-state index contributed by atoms with van der Waals surface area (Å²) in [4.78, 5) is 26.8. The van der Waals surface area contributed by atoms with E-state index < -0.39 is 17.4 Å². The lowest BCUT2D eigenvalue weighted by Gasteiger charge is -2.46. The fourth-order valence-corrected chi connectivity index (χ4v) is 5.86. The van der Waals surface area contributed by atoms with Gasteiger partial charge in [0.1, 0.15) is 5.41 Å². The van der Waals surface area contributed by atoms with Crippen molar-refractivity contribution in [2.24, 2.45) is 0 Å². The predicted octanol–water partition coefficient (Wildman–Crippen LogP) is 5.99. The normalized spacial score (nSPS) is 24.6. The summed E-state index contributed by atoms with van der Waals surface area (Å²) < 4.78 is 0.821. The Morgan fingerprint density at radius 3 is 2.48 bits per heavy atom. The molecular weight excluding hydrogens is 499 g/mol. The maximum absolute atomic E-state index is 13.8. The van der Waals surface area contributed by atoms with Crippen LogP contribution in [0.3, 0.4) is 0 Å². The van der Waals surface area contributed by atoms with Crippen LogP contribution in [0.25, 0.3) is 0 Å². The SMILES string of the molecule is O=C1C[C@H](c2cccc(Cl)c2)[C@@]2(C(=O)Nc3cc(Cl)ccc32)[C@@H](c2ccccc2Br)N1. The molecule has 5 rings (SSSR count). The van der Waals surface area contributed by atoms with Crippen molar-refractivity contribution in [2.45, 2.75) is 23.8 Å². The Morgan fingerprint density at radius 1 is 0.935 bits per heavy atom. The first-order valence-corrected chi connectivity index (χ1v) is 11.4. The number of benzene rings is 3. The van der Waals surface area contributed by atoms with Gasteiger partial charge < -0.3 is 10.6 Å². The summed E-state index contributed by atoms with van der Waals surface area (Å²) in [6.07, 6.45) is 0.163. The second kappa shape index (κ2) is 7.66. The molecule has 3 aromatic rings. The van der Waals surface area contributed by atoms with Crippen molar-refractivity contribution >= 4 is 56.6 Å². The summed E-state index contributed by atoms with van der Waals surface area (Å²) in [6, 6.07) is 19.9. The van der Waals surface area contributed by atoms with Crippen molar-refractivity contribution < 1.29 is 9.59 Å². The Balaban J connectivity index is 1.83. The zero-order valence-electron chi connectivity index (χ0n) is 16.2. The van der Waals surface area contributed by atoms with Gasteiger partial charge in [0.2, 0.25) is 11.8 Å². The maximum atomic E-state index is 13.8. The van der Waals surface area contributed by atoms with Crippen LogP contribution in [-0.4, -0.2) is 11.8 Å². The summed E-state index contributed by atoms with van der Waals surface area (Å²) in [5.74, 6) is -0.707. The lowest BCUT2D eigenvalue weighted by molar-refractivity contribution is -0.131. The highest BCUT2D eigenvalue weighted by Crippen LogP contribution is 2.58. The van der Waals surface area contributed by atoms with Gasteiger partial charge in [-0.3, -0.25) is 9.59 Å². The fraction of sp³-hybridized carbons (Fsp3) is 0.167. The quantitative estimate of drug-likeness (QED) is 0.440. The van der Waals surface area contributed by atoms with Crippen molar-refractivity contribution in [1.29, 1.82) is 0 Å². The van der Waals surface area contributed by atoms with Crippen LogP contribution >= 0.6 is 39.1 Å². The molecule has 7 heteroatoms. The third kappa shape index (κ3) is 3.18. The highest BCUT2D eigenvalue weighted by molar-refractivity contribution is 9.10. The molecule has 0 unspecified atom stereocenters. The molecule has 0 radical (unpaired) electrons. The first-order chi connectivity index (χ1) is 14.9. The molecule has 2 N–H and O–H groups in total. The van der Waals surface area contributed by atoms with E-state index in [0.717, 1.165) is 21.2 Å². The Kier molecular flexibility index (Phi) is 5.08. The molecule has 3 atom stereocenters. The average Bonchev–Trinajstić information content (AvgIpc) is 3.01. The van der Waals surface area contributed by atoms with Crippen LogP contribution in [0, 0.1) is 0 Å². The van der Waals surface area contributed by atoms with Crippen molar-refractivity contribution in [3.63, 3.8) is 0 Å². The monoisotopic (exact) mass is 514 g/mol. The van der Waals surface area contributed by atoms with Gasteiger partial charge in [-0.15, -0.1) is 0 Å². The minimum atomic E-state index is -1.07. The third-order valence-corrected chi connectivity index (χ3v) is 7.41. The largest absolute Gasteiger partial charge is 0.348 e. The standard InChI is InChI=1S/C24H17BrCl2N2O2/c25-19-7-2-1-6-16(19)22-24(17-9-8-15(27)11-20(17)28-23(24)31)18(12-21(30)29-22)13-4-3-5-14(26)10-13/h1-11,18,22H,12H2,(H,28,31)(H,29,30)/t18-,22-,24-/m1/s1. The zero-order chi connectivity index (χ0) is 21.8. The van der Waals surface area contributed by atoms with Gasteiger partial charge in [-0.05, 0) is 47.0 Å². The maximum Gasteiger partial charge on any atom is 0.238 e. The minimum absolute atomic E-state index is 0.119. The summed E-state index contributed by atoms with van der Waals surface area (Å²) >= 11 is 16.2. The van der Waals surface area contributed by atoms with Crippen LogP contribution in [0.5, 0.6) is 0 Å². The second-order valence-corrected chi connectivity index (χ2v) is 9.57. The van der Waals surface area contributed by atoms with Crippen LogP contribution in [0.15, 0.2) is 71.2 Å². The number of fused-ring (bicyclic) bond motifs is 2. The van der Waals surface area contributed by atoms with E-state index in [-0.39, 0.29) is 18.2 Å². The third-order valence-electron chi connectivity index (χ3n) is 6.22. The van der Waals surface area contributed by atoms with E-state index in [0.29, 0.717) is 15.7 Å². The number of hydrogen-bond acceptors (Lipinski definition) is 2. The van der Waals surface area contributed by atoms with E-state index in [2.05, 4.69) is 26.6 Å². The number of carbonyl (C=O) groups excluding carboxylic acids is 2. The second-order valence-electron chi connectivity index (χ2n) is 7.85. The Morgan fingerprint density at radius 2 is 1.71 bits per heavy atom. The Bertz CT molecular complexity index is 1230. The lowest BCUT2D eigenvalue weighted by Crippen LogP contribution is -2.56. The number of anilines is 1. The smallest absolute Gasteiger partial charge is 0.238 e. The van der Waals surface area contributed by atoms with Gasteiger partial charge in [-0.25, -0.2) is 0 Å². The first-order valence-electron chi connectivity index (χ1n) is 9.82. The van der Waals surface area contributed by atoms with Gasteiger partial charge >= 0.3 is 0 Å². The lowest BCUT2D eigenvalue weighted by atomic mass is 9.59. The molecule has 31 heavy (non-hydrogen) atoms. The molecule has 1 fully saturated rings. The van der Waals surface area contributed by atoms with Gasteiger partial charge in [0.25, 0.3) is 0 Å². The van der Waals surface area contributed by atoms with E-state index in [1.807, 2.05) is 48.5 Å². The Hall–Kier alpha value is -2.34. The number of piperidine rings is 1. The van der Waals surface area contributed by atoms with Gasteiger partial charge in [0.15, 0.2) is 0 Å². The van der Waals surface area contributed by atoms with E-state index in [4.69, 9.17) is 23.2 Å². The molecule has 0 aliphatic carbocycles. The van der Waals surface area contributed by atoms with Crippen LogP contribution < -0.4 is 10.6 Å². The molecule has 1 spiro atoms. The van der Waals surface area contributed by atoms with Crippen molar-refractivity contribution in [2.75, 3.05) is 5.32 Å². The van der Waals surface area contributed by atoms with Crippen LogP contribution in [-0.2, 0) is 15.0 Å². The van der Waals surface area contributed by atoms with Crippen LogP contribution in [0.1, 0.15) is 35.1 Å². The summed E-state index contributed by atoms with van der Waals surface area (Å²) in [6.45, 7) is 0. The molecule has 3 aromatic carbocycles. The Labute approximate surface area is 198 Å². The topological polar surface area (TPSA) is 58.2 Å². The molecule has 156 valence electrons. The fourth-order valence-electron chi connectivity index (χ4n) is 4.98. The molecule has 0 bridgehead atoms. The van der Waals surface area contributed by atoms with Crippen LogP contribution in [0.4, 0.5) is 5.69 Å². The predicted molar refractivity (Wildman–Crippen MR) is 126 cm³/mol. The number of amides is 2. The molecule has 2 aliphatic heterocycles. The number of nitrogens with one attached hydrogen (secondary N) is 2. The van der Waals surface area contributed by atoms with Crippen molar-refractivity contribution in [3.8, 4) is 0 Å². The highest BCUT2D eigenvalue weighted by Gasteiger charge is 2.61. The van der Waals surface area contributed by atoms with E-state index >= 15 is 0 Å². The van der Waals surface area contributed by atoms with Crippen molar-refractivity contribution in [1.82, 2.24) is 5.32 Å². The molecule has 4 nitrogen and oxygen atoms in total. The molecule has 1 saturated heterocycles. The van der Waals surface area contributed by atoms with Gasteiger partial charge in [-0.1, -0.05) is 75.5 Å². The molecule has 2 amide bonds. The number of halogens is 3. The van der Waals surface area contributed by atoms with Gasteiger partial charge in [0, 0.05) is 32.5 Å². The van der Waals surface area contributed by atoms with E-state index in [1.54, 1.807) is 18.2 Å². The number of hydrogen-bond donors (Lipinski definition) is 2. The average molecular weight is 516 g/mol. The molecule has 0 aromatic heterocycles. The minimum Gasteiger partial charge on any atom is -0.348 e. The molecule has 2 aliphatic rings. The van der Waals surface area contributed by atoms with E-state index in [9.17, 15) is 9.59 Å². The van der Waals surface area contributed by atoms with Crippen LogP contribution in [0.2, 0.25) is 10.0 Å². The molecule has 2 heterocycles. The first kappa shape index (κ1) is 20.6. The summed E-state index contributed by atoms with van der Waals surface area (Å²) in [5.41, 5.74) is 2.09. The van der Waals surface area contributed by atoms with Gasteiger partial charge in [-0.2, -0.15) is 0 Å². The summed E-state index contributed by atoms with van der Waals surface area (Å²) in [7, 11) is 0. The van der Waals surface area contributed by atoms with Crippen molar-refractivity contribution in [3.05, 3.63) is 97.9 Å². The molecule has 0 saturated carbocycles. The number of carbonyl (C=O) groups is 2. The number of rotatable bonds is 2.